The number of nitro groups is 2. The van der Waals surface area contributed by atoms with Crippen LogP contribution in [-0.2, 0) is 0 Å². The molecule has 3 aromatic carbocycles. The zero-order chi connectivity index (χ0) is 25.4. The second-order valence-corrected chi connectivity index (χ2v) is 9.50. The van der Waals surface area contributed by atoms with E-state index >= 15 is 0 Å². The average Bonchev–Trinajstić information content (AvgIpc) is 3.47. The van der Waals surface area contributed by atoms with E-state index in [1.54, 1.807) is 6.07 Å². The fourth-order valence-corrected chi connectivity index (χ4v) is 5.24. The van der Waals surface area contributed by atoms with Crippen molar-refractivity contribution in [2.24, 2.45) is 5.10 Å². The van der Waals surface area contributed by atoms with Gasteiger partial charge in [-0.05, 0) is 48.0 Å². The lowest BCUT2D eigenvalue weighted by atomic mass is 10.2. The molecule has 13 heteroatoms. The maximum Gasteiger partial charge on any atom is 0.290 e. The van der Waals surface area contributed by atoms with E-state index in [0.29, 0.717) is 25.9 Å². The van der Waals surface area contributed by atoms with Gasteiger partial charge in [-0.15, -0.1) is 11.3 Å². The number of amides is 1. The number of rotatable bonds is 6. The predicted molar refractivity (Wildman–Crippen MR) is 136 cm³/mol. The van der Waals surface area contributed by atoms with Gasteiger partial charge in [0, 0.05) is 34.4 Å². The molecule has 0 unspecified atom stereocenters. The number of thiazole rings is 1. The van der Waals surface area contributed by atoms with Crippen molar-refractivity contribution in [2.75, 3.05) is 5.01 Å². The molecule has 0 bridgehead atoms. The summed E-state index contributed by atoms with van der Waals surface area (Å²) in [6.07, 6.45) is 1.35. The van der Waals surface area contributed by atoms with E-state index in [1.165, 1.54) is 66.9 Å². The number of hydrogen-bond acceptors (Lipinski definition) is 9. The Kier molecular flexibility index (Phi) is 5.91. The lowest BCUT2D eigenvalue weighted by Gasteiger charge is -2.12. The first-order chi connectivity index (χ1) is 17.3. The van der Waals surface area contributed by atoms with Gasteiger partial charge in [0.15, 0.2) is 0 Å². The SMILES string of the molecule is O=C(c1cc2cc([N+](=O)[O-])ccc2s1)N(/N=C/c1ccc([N+](=O)[O-])cc1)c1nc2ccc(F)cc2s1. The van der Waals surface area contributed by atoms with Crippen LogP contribution in [0.3, 0.4) is 0 Å². The second-order valence-electron chi connectivity index (χ2n) is 7.41. The van der Waals surface area contributed by atoms with Gasteiger partial charge in [0.1, 0.15) is 5.82 Å². The minimum absolute atomic E-state index is 0.0901. The number of carbonyl (C=O) groups is 1. The number of non-ortho nitro benzene ring substituents is 2. The molecule has 0 aliphatic carbocycles. The molecule has 2 aromatic heterocycles. The normalized spacial score (nSPS) is 11.4. The Morgan fingerprint density at radius 2 is 1.64 bits per heavy atom. The van der Waals surface area contributed by atoms with Gasteiger partial charge >= 0.3 is 0 Å². The van der Waals surface area contributed by atoms with Crippen LogP contribution >= 0.6 is 22.7 Å². The van der Waals surface area contributed by atoms with Crippen LogP contribution in [0.4, 0.5) is 20.9 Å². The number of nitrogens with zero attached hydrogens (tertiary/aromatic N) is 5. The highest BCUT2D eigenvalue weighted by molar-refractivity contribution is 7.23. The molecule has 0 aliphatic rings. The molecule has 5 aromatic rings. The van der Waals surface area contributed by atoms with Crippen LogP contribution in [0.15, 0.2) is 71.8 Å². The zero-order valence-electron chi connectivity index (χ0n) is 17.9. The van der Waals surface area contributed by atoms with E-state index in [0.717, 1.165) is 27.7 Å². The Labute approximate surface area is 208 Å². The van der Waals surface area contributed by atoms with Crippen LogP contribution in [-0.4, -0.2) is 27.0 Å². The van der Waals surface area contributed by atoms with Gasteiger partial charge in [-0.3, -0.25) is 25.0 Å². The van der Waals surface area contributed by atoms with E-state index in [2.05, 4.69) is 10.1 Å². The summed E-state index contributed by atoms with van der Waals surface area (Å²) in [7, 11) is 0. The molecule has 5 rings (SSSR count). The van der Waals surface area contributed by atoms with E-state index in [1.807, 2.05) is 0 Å². The highest BCUT2D eigenvalue weighted by atomic mass is 32.1. The van der Waals surface area contributed by atoms with Gasteiger partial charge in [0.25, 0.3) is 17.3 Å². The van der Waals surface area contributed by atoms with E-state index in [-0.39, 0.29) is 21.4 Å². The molecule has 0 N–H and O–H groups in total. The Balaban J connectivity index is 1.55. The molecule has 0 fully saturated rings. The van der Waals surface area contributed by atoms with Crippen molar-refractivity contribution in [2.45, 2.75) is 0 Å². The lowest BCUT2D eigenvalue weighted by molar-refractivity contribution is -0.385. The van der Waals surface area contributed by atoms with Crippen LogP contribution in [0.25, 0.3) is 20.3 Å². The highest BCUT2D eigenvalue weighted by Crippen LogP contribution is 2.34. The first kappa shape index (κ1) is 23.1. The van der Waals surface area contributed by atoms with E-state index in [4.69, 9.17) is 0 Å². The second kappa shape index (κ2) is 9.20. The van der Waals surface area contributed by atoms with Gasteiger partial charge in [-0.1, -0.05) is 11.3 Å². The molecular weight excluding hydrogens is 509 g/mol. The zero-order valence-corrected chi connectivity index (χ0v) is 19.5. The number of carbonyl (C=O) groups excluding carboxylic acids is 1. The molecule has 0 atom stereocenters. The summed E-state index contributed by atoms with van der Waals surface area (Å²) >= 11 is 2.20. The number of hydrazone groups is 1. The summed E-state index contributed by atoms with van der Waals surface area (Å²) in [5, 5.41) is 28.1. The number of benzene rings is 3. The lowest BCUT2D eigenvalue weighted by Crippen LogP contribution is -2.24. The number of aromatic nitrogens is 1. The summed E-state index contributed by atoms with van der Waals surface area (Å²) in [5.41, 5.74) is 0.789. The van der Waals surface area contributed by atoms with Gasteiger partial charge in [0.2, 0.25) is 5.13 Å². The number of hydrogen-bond donors (Lipinski definition) is 0. The predicted octanol–water partition coefficient (Wildman–Crippen LogP) is 6.15. The Bertz CT molecular complexity index is 1700. The molecule has 0 saturated heterocycles. The third-order valence-electron chi connectivity index (χ3n) is 5.06. The topological polar surface area (TPSA) is 132 Å². The summed E-state index contributed by atoms with van der Waals surface area (Å²) in [6.45, 7) is 0. The minimum Gasteiger partial charge on any atom is -0.266 e. The van der Waals surface area contributed by atoms with Crippen LogP contribution in [0.1, 0.15) is 15.2 Å². The van der Waals surface area contributed by atoms with Gasteiger partial charge in [0.05, 0.1) is 31.2 Å². The summed E-state index contributed by atoms with van der Waals surface area (Å²) in [6, 6.07) is 15.5. The van der Waals surface area contributed by atoms with Crippen molar-refractivity contribution in [3.05, 3.63) is 103 Å². The number of thiophene rings is 1. The largest absolute Gasteiger partial charge is 0.290 e. The fourth-order valence-electron chi connectivity index (χ4n) is 3.33. The quantitative estimate of drug-likeness (QED) is 0.150. The maximum absolute atomic E-state index is 13.7. The molecule has 1 amide bonds. The number of anilines is 1. The van der Waals surface area contributed by atoms with Crippen molar-refractivity contribution >= 4 is 71.6 Å². The fraction of sp³-hybridized carbons (Fsp3) is 0. The standard InChI is InChI=1S/C23H12FN5O5S2/c24-15-3-7-18-20(11-15)36-23(26-18)27(25-12-13-1-4-16(5-2-13)28(31)32)22(30)21-10-14-9-17(29(33)34)6-8-19(14)35-21/h1-12H/b25-12+. The Hall–Kier alpha value is -4.62. The minimum atomic E-state index is -0.545. The van der Waals surface area contributed by atoms with Crippen LogP contribution in [0, 0.1) is 26.0 Å². The Morgan fingerprint density at radius 1 is 0.917 bits per heavy atom. The molecular formula is C23H12FN5O5S2. The van der Waals surface area contributed by atoms with Crippen LogP contribution < -0.4 is 5.01 Å². The monoisotopic (exact) mass is 521 g/mol. The first-order valence-corrected chi connectivity index (χ1v) is 11.8. The molecule has 0 spiro atoms. The van der Waals surface area contributed by atoms with Crippen molar-refractivity contribution in [3.63, 3.8) is 0 Å². The van der Waals surface area contributed by atoms with E-state index in [9.17, 15) is 29.4 Å². The summed E-state index contributed by atoms with van der Waals surface area (Å²) in [5.74, 6) is -0.993. The van der Waals surface area contributed by atoms with Gasteiger partial charge in [-0.2, -0.15) is 10.1 Å². The third kappa shape index (κ3) is 4.52. The molecule has 10 nitrogen and oxygen atoms in total. The third-order valence-corrected chi connectivity index (χ3v) is 7.16. The number of fused-ring (bicyclic) bond motifs is 2. The number of halogens is 1. The Morgan fingerprint density at radius 3 is 2.36 bits per heavy atom. The van der Waals surface area contributed by atoms with Crippen molar-refractivity contribution < 1.29 is 19.0 Å². The van der Waals surface area contributed by atoms with Gasteiger partial charge < -0.3 is 0 Å². The van der Waals surface area contributed by atoms with Crippen molar-refractivity contribution in [1.29, 1.82) is 0 Å². The van der Waals surface area contributed by atoms with Gasteiger partial charge in [-0.25, -0.2) is 9.37 Å². The smallest absolute Gasteiger partial charge is 0.266 e. The van der Waals surface area contributed by atoms with Crippen molar-refractivity contribution in [1.82, 2.24) is 4.98 Å². The van der Waals surface area contributed by atoms with Crippen LogP contribution in [0.2, 0.25) is 0 Å². The summed E-state index contributed by atoms with van der Waals surface area (Å²) < 4.78 is 14.9. The maximum atomic E-state index is 13.7. The van der Waals surface area contributed by atoms with E-state index < -0.39 is 21.6 Å². The molecule has 2 heterocycles. The molecule has 0 aliphatic heterocycles. The first-order valence-electron chi connectivity index (χ1n) is 10.2. The van der Waals surface area contributed by atoms with Crippen molar-refractivity contribution in [3.8, 4) is 0 Å². The molecule has 0 radical (unpaired) electrons. The number of nitro benzene ring substituents is 2. The average molecular weight is 522 g/mol. The molecule has 0 saturated carbocycles. The molecule has 178 valence electrons. The van der Waals surface area contributed by atoms with Crippen LogP contribution in [0.5, 0.6) is 0 Å². The highest BCUT2D eigenvalue weighted by Gasteiger charge is 2.24. The molecule has 36 heavy (non-hydrogen) atoms. The summed E-state index contributed by atoms with van der Waals surface area (Å²) in [4.78, 5) is 39.2.